The van der Waals surface area contributed by atoms with Crippen LogP contribution in [0.25, 0.3) is 10.8 Å². The van der Waals surface area contributed by atoms with Crippen molar-refractivity contribution < 1.29 is 24.7 Å². The molecule has 1 amide bonds. The highest BCUT2D eigenvalue weighted by Crippen LogP contribution is 2.30. The van der Waals surface area contributed by atoms with Crippen LogP contribution >= 0.6 is 0 Å². The number of fused-ring (bicyclic) bond motifs is 1. The Kier molecular flexibility index (Phi) is 6.34. The van der Waals surface area contributed by atoms with E-state index in [1.807, 2.05) is 13.8 Å². The summed E-state index contributed by atoms with van der Waals surface area (Å²) in [4.78, 5) is 25.3. The van der Waals surface area contributed by atoms with Gasteiger partial charge < -0.3 is 19.8 Å². The SMILES string of the molecule is CC1CCCC(C)N1C(=O)OCc1cc2cc(CO)c(CO)cc2cc1[N+](=O)[O-]. The quantitative estimate of drug-likeness (QED) is 0.583. The molecule has 1 heterocycles. The number of likely N-dealkylation sites (tertiary alicyclic amines) is 1. The number of aliphatic hydroxyl groups excluding tert-OH is 2. The van der Waals surface area contributed by atoms with E-state index in [4.69, 9.17) is 4.74 Å². The van der Waals surface area contributed by atoms with E-state index in [-0.39, 0.29) is 43.2 Å². The van der Waals surface area contributed by atoms with Crippen LogP contribution in [0.1, 0.15) is 49.8 Å². The molecule has 2 unspecified atom stereocenters. The molecular formula is C21H26N2O6. The first-order valence-electron chi connectivity index (χ1n) is 9.75. The highest BCUT2D eigenvalue weighted by molar-refractivity contribution is 5.87. The molecule has 0 bridgehead atoms. The van der Waals surface area contributed by atoms with Gasteiger partial charge in [0.1, 0.15) is 6.61 Å². The molecule has 0 spiro atoms. The maximum Gasteiger partial charge on any atom is 0.410 e. The number of hydrogen-bond donors (Lipinski definition) is 2. The Labute approximate surface area is 168 Å². The first kappa shape index (κ1) is 21.0. The lowest BCUT2D eigenvalue weighted by Gasteiger charge is -2.37. The van der Waals surface area contributed by atoms with Crippen molar-refractivity contribution in [1.82, 2.24) is 4.90 Å². The molecule has 0 saturated carbocycles. The van der Waals surface area contributed by atoms with Gasteiger partial charge in [-0.25, -0.2) is 4.79 Å². The predicted molar refractivity (Wildman–Crippen MR) is 107 cm³/mol. The molecule has 3 rings (SSSR count). The molecule has 1 aliphatic heterocycles. The third-order valence-electron chi connectivity index (χ3n) is 5.65. The number of amides is 1. The molecule has 1 fully saturated rings. The lowest BCUT2D eigenvalue weighted by molar-refractivity contribution is -0.385. The molecule has 8 nitrogen and oxygen atoms in total. The first-order valence-corrected chi connectivity index (χ1v) is 9.75. The summed E-state index contributed by atoms with van der Waals surface area (Å²) in [6.45, 7) is 3.22. The fraction of sp³-hybridized carbons (Fsp3) is 0.476. The molecule has 156 valence electrons. The van der Waals surface area contributed by atoms with Gasteiger partial charge in [0.25, 0.3) is 5.69 Å². The van der Waals surface area contributed by atoms with Crippen LogP contribution in [0.4, 0.5) is 10.5 Å². The maximum absolute atomic E-state index is 12.6. The van der Waals surface area contributed by atoms with Crippen molar-refractivity contribution in [2.45, 2.75) is 65.0 Å². The normalized spacial score (nSPS) is 19.4. The van der Waals surface area contributed by atoms with Gasteiger partial charge in [-0.2, -0.15) is 0 Å². The van der Waals surface area contributed by atoms with E-state index in [0.717, 1.165) is 19.3 Å². The maximum atomic E-state index is 12.6. The number of piperidine rings is 1. The van der Waals surface area contributed by atoms with Gasteiger partial charge in [-0.1, -0.05) is 0 Å². The van der Waals surface area contributed by atoms with E-state index < -0.39 is 11.0 Å². The topological polar surface area (TPSA) is 113 Å². The van der Waals surface area contributed by atoms with Crippen molar-refractivity contribution in [1.29, 1.82) is 0 Å². The number of aliphatic hydroxyl groups is 2. The summed E-state index contributed by atoms with van der Waals surface area (Å²) in [6, 6.07) is 6.46. The minimum Gasteiger partial charge on any atom is -0.444 e. The Bertz CT molecular complexity index is 919. The third-order valence-corrected chi connectivity index (χ3v) is 5.65. The number of nitro groups is 1. The fourth-order valence-electron chi connectivity index (χ4n) is 4.05. The number of ether oxygens (including phenoxy) is 1. The van der Waals surface area contributed by atoms with Gasteiger partial charge in [-0.3, -0.25) is 10.1 Å². The molecular weight excluding hydrogens is 376 g/mol. The largest absolute Gasteiger partial charge is 0.444 e. The second kappa shape index (κ2) is 8.75. The van der Waals surface area contributed by atoms with Gasteiger partial charge in [0.05, 0.1) is 23.7 Å². The summed E-state index contributed by atoms with van der Waals surface area (Å²) in [5, 5.41) is 31.7. The van der Waals surface area contributed by atoms with Crippen LogP contribution in [-0.2, 0) is 24.6 Å². The zero-order valence-electron chi connectivity index (χ0n) is 16.6. The van der Waals surface area contributed by atoms with Gasteiger partial charge >= 0.3 is 6.09 Å². The van der Waals surface area contributed by atoms with Crippen molar-refractivity contribution >= 4 is 22.6 Å². The van der Waals surface area contributed by atoms with E-state index in [1.54, 1.807) is 23.1 Å². The Balaban J connectivity index is 1.90. The standard InChI is InChI=1S/C21H26N2O6/c1-13-4-3-5-14(2)22(13)21(26)29-12-19-8-15-6-17(10-24)18(11-25)7-16(15)9-20(19)23(27)28/h6-9,13-14,24-25H,3-5,10-12H2,1-2H3. The van der Waals surface area contributed by atoms with Crippen LogP contribution in [0.3, 0.4) is 0 Å². The molecule has 1 aliphatic rings. The van der Waals surface area contributed by atoms with Crippen LogP contribution < -0.4 is 0 Å². The number of hydrogen-bond acceptors (Lipinski definition) is 6. The highest BCUT2D eigenvalue weighted by atomic mass is 16.6. The van der Waals surface area contributed by atoms with Crippen LogP contribution in [-0.4, -0.2) is 38.2 Å². The van der Waals surface area contributed by atoms with Gasteiger partial charge in [-0.05, 0) is 73.2 Å². The molecule has 0 aliphatic carbocycles. The van der Waals surface area contributed by atoms with Crippen LogP contribution in [0, 0.1) is 10.1 Å². The molecule has 0 aromatic heterocycles. The van der Waals surface area contributed by atoms with E-state index in [0.29, 0.717) is 21.9 Å². The lowest BCUT2D eigenvalue weighted by Crippen LogP contribution is -2.47. The van der Waals surface area contributed by atoms with Crippen LogP contribution in [0.15, 0.2) is 24.3 Å². The highest BCUT2D eigenvalue weighted by Gasteiger charge is 2.30. The zero-order valence-corrected chi connectivity index (χ0v) is 16.6. The summed E-state index contributed by atoms with van der Waals surface area (Å²) in [5.74, 6) is 0. The molecule has 29 heavy (non-hydrogen) atoms. The fourth-order valence-corrected chi connectivity index (χ4v) is 4.05. The Morgan fingerprint density at radius 2 is 1.59 bits per heavy atom. The van der Waals surface area contributed by atoms with E-state index >= 15 is 0 Å². The summed E-state index contributed by atoms with van der Waals surface area (Å²) in [7, 11) is 0. The summed E-state index contributed by atoms with van der Waals surface area (Å²) in [6.07, 6.45) is 2.41. The molecule has 2 aromatic rings. The number of rotatable bonds is 5. The minimum absolute atomic E-state index is 0.0712. The number of nitro benzene ring substituents is 1. The average molecular weight is 402 g/mol. The van der Waals surface area contributed by atoms with E-state index in [2.05, 4.69) is 0 Å². The van der Waals surface area contributed by atoms with Crippen molar-refractivity contribution in [2.75, 3.05) is 0 Å². The molecule has 1 saturated heterocycles. The molecule has 2 N–H and O–H groups in total. The molecule has 0 radical (unpaired) electrons. The molecule has 2 aromatic carbocycles. The summed E-state index contributed by atoms with van der Waals surface area (Å²) in [5.41, 5.74) is 1.20. The van der Waals surface area contributed by atoms with Crippen LogP contribution in [0.5, 0.6) is 0 Å². The smallest absolute Gasteiger partial charge is 0.410 e. The zero-order chi connectivity index (χ0) is 21.1. The van der Waals surface area contributed by atoms with E-state index in [9.17, 15) is 25.1 Å². The third kappa shape index (κ3) is 4.33. The van der Waals surface area contributed by atoms with E-state index in [1.165, 1.54) is 6.07 Å². The number of benzene rings is 2. The van der Waals surface area contributed by atoms with Gasteiger partial charge in [-0.15, -0.1) is 0 Å². The number of nitrogens with zero attached hydrogens (tertiary/aromatic N) is 2. The van der Waals surface area contributed by atoms with Gasteiger partial charge in [0, 0.05) is 18.2 Å². The van der Waals surface area contributed by atoms with Gasteiger partial charge in [0.2, 0.25) is 0 Å². The predicted octanol–water partition coefficient (Wildman–Crippen LogP) is 3.63. The summed E-state index contributed by atoms with van der Waals surface area (Å²) < 4.78 is 5.44. The molecule has 8 heteroatoms. The molecule has 2 atom stereocenters. The Hall–Kier alpha value is -2.71. The van der Waals surface area contributed by atoms with Crippen LogP contribution in [0.2, 0.25) is 0 Å². The average Bonchev–Trinajstić information content (AvgIpc) is 2.70. The second-order valence-corrected chi connectivity index (χ2v) is 7.61. The first-order chi connectivity index (χ1) is 13.8. The van der Waals surface area contributed by atoms with Gasteiger partial charge in [0.15, 0.2) is 0 Å². The Morgan fingerprint density at radius 1 is 1.07 bits per heavy atom. The number of carbonyl (C=O) groups excluding carboxylic acids is 1. The minimum atomic E-state index is -0.507. The Morgan fingerprint density at radius 3 is 2.10 bits per heavy atom. The van der Waals surface area contributed by atoms with Crippen molar-refractivity contribution in [3.8, 4) is 0 Å². The second-order valence-electron chi connectivity index (χ2n) is 7.61. The number of carbonyl (C=O) groups is 1. The monoisotopic (exact) mass is 402 g/mol. The lowest BCUT2D eigenvalue weighted by atomic mass is 9.98. The summed E-state index contributed by atoms with van der Waals surface area (Å²) >= 11 is 0. The van der Waals surface area contributed by atoms with Crippen molar-refractivity contribution in [3.05, 3.63) is 51.1 Å². The van der Waals surface area contributed by atoms with Crippen molar-refractivity contribution in [3.63, 3.8) is 0 Å². The van der Waals surface area contributed by atoms with Crippen molar-refractivity contribution in [2.24, 2.45) is 0 Å².